The maximum absolute atomic E-state index is 12.2. The Kier molecular flexibility index (Phi) is 3.63. The quantitative estimate of drug-likeness (QED) is 0.696. The molecule has 0 saturated heterocycles. The standard InChI is InChI=1S/C11H18N2O2/c1-5-11(3,15-6-2)9(14)10-12-7-8-13(10)4/h7-8H,5-6H2,1-4H3. The molecule has 0 aliphatic carbocycles. The second kappa shape index (κ2) is 4.57. The number of nitrogens with zero attached hydrogens (tertiary/aromatic N) is 2. The first-order valence-electron chi connectivity index (χ1n) is 5.21. The van der Waals surface area contributed by atoms with Gasteiger partial charge in [0.25, 0.3) is 0 Å². The lowest BCUT2D eigenvalue weighted by molar-refractivity contribution is -0.0125. The molecule has 1 aromatic heterocycles. The van der Waals surface area contributed by atoms with Crippen molar-refractivity contribution < 1.29 is 9.53 Å². The van der Waals surface area contributed by atoms with Gasteiger partial charge in [-0.05, 0) is 20.3 Å². The number of aryl methyl sites for hydroxylation is 1. The zero-order valence-corrected chi connectivity index (χ0v) is 9.78. The Bertz CT molecular complexity index is 346. The molecule has 4 heteroatoms. The molecule has 0 aliphatic heterocycles. The number of ether oxygens (including phenoxy) is 1. The largest absolute Gasteiger partial charge is 0.367 e. The molecular weight excluding hydrogens is 192 g/mol. The monoisotopic (exact) mass is 210 g/mol. The van der Waals surface area contributed by atoms with Crippen molar-refractivity contribution >= 4 is 5.78 Å². The molecule has 0 amide bonds. The van der Waals surface area contributed by atoms with Crippen molar-refractivity contribution in [2.24, 2.45) is 7.05 Å². The van der Waals surface area contributed by atoms with Gasteiger partial charge >= 0.3 is 0 Å². The number of carbonyl (C=O) groups is 1. The van der Waals surface area contributed by atoms with Gasteiger partial charge in [-0.15, -0.1) is 0 Å². The molecule has 0 radical (unpaired) electrons. The van der Waals surface area contributed by atoms with E-state index in [2.05, 4.69) is 4.98 Å². The van der Waals surface area contributed by atoms with Crippen LogP contribution in [0.4, 0.5) is 0 Å². The molecule has 84 valence electrons. The van der Waals surface area contributed by atoms with Crippen LogP contribution in [0.1, 0.15) is 37.8 Å². The molecule has 0 bridgehead atoms. The third-order valence-electron chi connectivity index (χ3n) is 2.64. The van der Waals surface area contributed by atoms with E-state index in [4.69, 9.17) is 4.74 Å². The number of ketones is 1. The van der Waals surface area contributed by atoms with E-state index in [1.54, 1.807) is 17.0 Å². The van der Waals surface area contributed by atoms with Crippen LogP contribution in [-0.2, 0) is 11.8 Å². The summed E-state index contributed by atoms with van der Waals surface area (Å²) in [5, 5.41) is 0. The van der Waals surface area contributed by atoms with Crippen molar-refractivity contribution in [1.82, 2.24) is 9.55 Å². The summed E-state index contributed by atoms with van der Waals surface area (Å²) < 4.78 is 7.23. The summed E-state index contributed by atoms with van der Waals surface area (Å²) in [6.45, 7) is 6.17. The Morgan fingerprint density at radius 3 is 2.67 bits per heavy atom. The molecule has 0 spiro atoms. The molecule has 0 aliphatic rings. The van der Waals surface area contributed by atoms with Crippen molar-refractivity contribution in [3.05, 3.63) is 18.2 Å². The summed E-state index contributed by atoms with van der Waals surface area (Å²) in [4.78, 5) is 16.2. The zero-order chi connectivity index (χ0) is 11.5. The van der Waals surface area contributed by atoms with E-state index < -0.39 is 5.60 Å². The Hall–Kier alpha value is -1.16. The number of aromatic nitrogens is 2. The molecule has 1 atom stereocenters. The van der Waals surface area contributed by atoms with Gasteiger partial charge in [0.2, 0.25) is 5.78 Å². The van der Waals surface area contributed by atoms with E-state index in [1.807, 2.05) is 27.8 Å². The van der Waals surface area contributed by atoms with Crippen LogP contribution in [-0.4, -0.2) is 27.5 Å². The van der Waals surface area contributed by atoms with Crippen LogP contribution in [0.25, 0.3) is 0 Å². The van der Waals surface area contributed by atoms with Crippen LogP contribution >= 0.6 is 0 Å². The summed E-state index contributed by atoms with van der Waals surface area (Å²) >= 11 is 0. The van der Waals surface area contributed by atoms with Gasteiger partial charge < -0.3 is 9.30 Å². The Labute approximate surface area is 90.3 Å². The van der Waals surface area contributed by atoms with Crippen molar-refractivity contribution in [3.8, 4) is 0 Å². The predicted molar refractivity (Wildman–Crippen MR) is 57.9 cm³/mol. The van der Waals surface area contributed by atoms with Crippen LogP contribution in [0.2, 0.25) is 0 Å². The van der Waals surface area contributed by atoms with Gasteiger partial charge in [-0.1, -0.05) is 6.92 Å². The van der Waals surface area contributed by atoms with Gasteiger partial charge in [0, 0.05) is 26.0 Å². The minimum Gasteiger partial charge on any atom is -0.367 e. The van der Waals surface area contributed by atoms with Gasteiger partial charge in [0.1, 0.15) is 5.60 Å². The first kappa shape index (κ1) is 11.9. The summed E-state index contributed by atoms with van der Waals surface area (Å²) in [5.41, 5.74) is -0.756. The Morgan fingerprint density at radius 2 is 2.27 bits per heavy atom. The smallest absolute Gasteiger partial charge is 0.229 e. The van der Waals surface area contributed by atoms with Crippen LogP contribution in [0, 0.1) is 0 Å². The Balaban J connectivity index is 2.96. The van der Waals surface area contributed by atoms with E-state index in [0.29, 0.717) is 18.9 Å². The van der Waals surface area contributed by atoms with Crippen molar-refractivity contribution in [2.75, 3.05) is 6.61 Å². The van der Waals surface area contributed by atoms with Crippen LogP contribution in [0.5, 0.6) is 0 Å². The lowest BCUT2D eigenvalue weighted by Crippen LogP contribution is -2.39. The highest BCUT2D eigenvalue weighted by Crippen LogP contribution is 2.20. The highest BCUT2D eigenvalue weighted by atomic mass is 16.5. The third-order valence-corrected chi connectivity index (χ3v) is 2.64. The number of hydrogen-bond donors (Lipinski definition) is 0. The third kappa shape index (κ3) is 2.26. The minimum absolute atomic E-state index is 0.0562. The SMILES string of the molecule is CCOC(C)(CC)C(=O)c1nccn1C. The summed E-state index contributed by atoms with van der Waals surface area (Å²) in [6.07, 6.45) is 4.02. The van der Waals surface area contributed by atoms with Crippen molar-refractivity contribution in [1.29, 1.82) is 0 Å². The van der Waals surface area contributed by atoms with E-state index in [0.717, 1.165) is 0 Å². The second-order valence-electron chi connectivity index (χ2n) is 3.71. The maximum atomic E-state index is 12.2. The van der Waals surface area contributed by atoms with Gasteiger partial charge in [0.05, 0.1) is 0 Å². The summed E-state index contributed by atoms with van der Waals surface area (Å²) in [5.74, 6) is 0.396. The molecule has 0 N–H and O–H groups in total. The second-order valence-corrected chi connectivity index (χ2v) is 3.71. The number of imidazole rings is 1. The van der Waals surface area contributed by atoms with E-state index >= 15 is 0 Å². The van der Waals surface area contributed by atoms with Crippen molar-refractivity contribution in [2.45, 2.75) is 32.8 Å². The Morgan fingerprint density at radius 1 is 1.60 bits per heavy atom. The first-order chi connectivity index (χ1) is 7.05. The topological polar surface area (TPSA) is 44.1 Å². The maximum Gasteiger partial charge on any atom is 0.229 e. The molecule has 1 heterocycles. The molecule has 4 nitrogen and oxygen atoms in total. The van der Waals surface area contributed by atoms with E-state index in [1.165, 1.54) is 0 Å². The highest BCUT2D eigenvalue weighted by molar-refractivity contribution is 5.99. The molecule has 15 heavy (non-hydrogen) atoms. The number of hydrogen-bond acceptors (Lipinski definition) is 3. The molecule has 1 unspecified atom stereocenters. The van der Waals surface area contributed by atoms with Gasteiger partial charge in [-0.2, -0.15) is 0 Å². The number of rotatable bonds is 5. The van der Waals surface area contributed by atoms with Gasteiger partial charge in [-0.25, -0.2) is 4.98 Å². The minimum atomic E-state index is -0.756. The number of Topliss-reactive ketones (excluding diaryl/α,β-unsaturated/α-hetero) is 1. The lowest BCUT2D eigenvalue weighted by Gasteiger charge is -2.25. The molecule has 0 fully saturated rings. The van der Waals surface area contributed by atoms with E-state index in [9.17, 15) is 4.79 Å². The summed E-state index contributed by atoms with van der Waals surface area (Å²) in [7, 11) is 1.81. The lowest BCUT2D eigenvalue weighted by atomic mass is 9.96. The highest BCUT2D eigenvalue weighted by Gasteiger charge is 2.34. The van der Waals surface area contributed by atoms with E-state index in [-0.39, 0.29) is 5.78 Å². The average Bonchev–Trinajstić information content (AvgIpc) is 2.63. The van der Waals surface area contributed by atoms with Gasteiger partial charge in [-0.3, -0.25) is 4.79 Å². The first-order valence-corrected chi connectivity index (χ1v) is 5.21. The fourth-order valence-corrected chi connectivity index (χ4v) is 1.47. The number of carbonyl (C=O) groups excluding carboxylic acids is 1. The molecule has 0 aromatic carbocycles. The normalized spacial score (nSPS) is 14.9. The van der Waals surface area contributed by atoms with Crippen LogP contribution in [0.15, 0.2) is 12.4 Å². The fourth-order valence-electron chi connectivity index (χ4n) is 1.47. The molecule has 1 aromatic rings. The predicted octanol–water partition coefficient (Wildman–Crippen LogP) is 1.81. The average molecular weight is 210 g/mol. The van der Waals surface area contributed by atoms with Gasteiger partial charge in [0.15, 0.2) is 5.82 Å². The molecule has 0 saturated carbocycles. The zero-order valence-electron chi connectivity index (χ0n) is 9.78. The van der Waals surface area contributed by atoms with Crippen molar-refractivity contribution in [3.63, 3.8) is 0 Å². The fraction of sp³-hybridized carbons (Fsp3) is 0.636. The van der Waals surface area contributed by atoms with Crippen LogP contribution < -0.4 is 0 Å². The molecule has 1 rings (SSSR count). The molecular formula is C11H18N2O2. The van der Waals surface area contributed by atoms with Crippen LogP contribution in [0.3, 0.4) is 0 Å². The summed E-state index contributed by atoms with van der Waals surface area (Å²) in [6, 6.07) is 0.